The molecule has 5 heteroatoms. The third-order valence-corrected chi connectivity index (χ3v) is 3.21. The predicted octanol–water partition coefficient (Wildman–Crippen LogP) is 1.64. The summed E-state index contributed by atoms with van der Waals surface area (Å²) in [4.78, 5) is 20.5. The molecule has 5 nitrogen and oxygen atoms in total. The van der Waals surface area contributed by atoms with Gasteiger partial charge in [-0.05, 0) is 39.1 Å². The lowest BCUT2D eigenvalue weighted by Crippen LogP contribution is -2.30. The van der Waals surface area contributed by atoms with Gasteiger partial charge < -0.3 is 14.6 Å². The van der Waals surface area contributed by atoms with Crippen molar-refractivity contribution in [2.45, 2.75) is 19.9 Å². The molecule has 0 atom stereocenters. The Bertz CT molecular complexity index is 607. The number of benzene rings is 1. The van der Waals surface area contributed by atoms with Crippen molar-refractivity contribution in [3.63, 3.8) is 0 Å². The maximum Gasteiger partial charge on any atom is 0.258 e. The third kappa shape index (κ3) is 3.32. The van der Waals surface area contributed by atoms with E-state index < -0.39 is 0 Å². The second-order valence-electron chi connectivity index (χ2n) is 4.83. The maximum atomic E-state index is 11.6. The van der Waals surface area contributed by atoms with Crippen LogP contribution in [0.25, 0.3) is 10.9 Å². The molecule has 2 aromatic rings. The van der Waals surface area contributed by atoms with Crippen molar-refractivity contribution in [1.82, 2.24) is 14.9 Å². The minimum absolute atomic E-state index is 0.144. The molecule has 0 saturated carbocycles. The van der Waals surface area contributed by atoms with Crippen LogP contribution in [-0.4, -0.2) is 41.1 Å². The van der Waals surface area contributed by atoms with Crippen LogP contribution in [0, 0.1) is 0 Å². The quantitative estimate of drug-likeness (QED) is 0.889. The molecule has 0 amide bonds. The molecule has 1 N–H and O–H groups in total. The topological polar surface area (TPSA) is 58.2 Å². The van der Waals surface area contributed by atoms with Crippen LogP contribution in [0.3, 0.4) is 0 Å². The van der Waals surface area contributed by atoms with Crippen LogP contribution in [0.15, 0.2) is 29.3 Å². The molecule has 1 heterocycles. The molecule has 102 valence electrons. The SMILES string of the molecule is CC(C)N(C)CCOc1ccc2nc[nH]c(=O)c2c1. The molecule has 1 aromatic heterocycles. The first-order valence-electron chi connectivity index (χ1n) is 6.38. The molecule has 0 fully saturated rings. The summed E-state index contributed by atoms with van der Waals surface area (Å²) in [5, 5.41) is 0.553. The molecule has 0 aliphatic carbocycles. The molecule has 0 bridgehead atoms. The summed E-state index contributed by atoms with van der Waals surface area (Å²) in [6.45, 7) is 5.72. The summed E-state index contributed by atoms with van der Waals surface area (Å²) < 4.78 is 5.67. The molecule has 0 radical (unpaired) electrons. The van der Waals surface area contributed by atoms with E-state index in [1.165, 1.54) is 6.33 Å². The first kappa shape index (κ1) is 13.5. The Kier molecular flexibility index (Phi) is 4.16. The molecule has 0 aliphatic rings. The first-order valence-corrected chi connectivity index (χ1v) is 6.38. The number of hydrogen-bond acceptors (Lipinski definition) is 4. The summed E-state index contributed by atoms with van der Waals surface area (Å²) >= 11 is 0. The van der Waals surface area contributed by atoms with Crippen molar-refractivity contribution in [1.29, 1.82) is 0 Å². The smallest absolute Gasteiger partial charge is 0.258 e. The number of nitrogens with one attached hydrogen (secondary N) is 1. The Morgan fingerprint density at radius 3 is 2.95 bits per heavy atom. The van der Waals surface area contributed by atoms with Gasteiger partial charge in [0.2, 0.25) is 0 Å². The van der Waals surface area contributed by atoms with Crippen LogP contribution in [0.1, 0.15) is 13.8 Å². The fourth-order valence-electron chi connectivity index (χ4n) is 1.70. The lowest BCUT2D eigenvalue weighted by Gasteiger charge is -2.20. The number of likely N-dealkylation sites (N-methyl/N-ethyl adjacent to an activating group) is 1. The number of hydrogen-bond donors (Lipinski definition) is 1. The second kappa shape index (κ2) is 5.84. The predicted molar refractivity (Wildman–Crippen MR) is 75.6 cm³/mol. The number of nitrogens with zero attached hydrogens (tertiary/aromatic N) is 2. The standard InChI is InChI=1S/C14H19N3O2/c1-10(2)17(3)6-7-19-11-4-5-13-12(8-11)14(18)16-9-15-13/h4-5,8-10H,6-7H2,1-3H3,(H,15,16,18). The van der Waals surface area contributed by atoms with Gasteiger partial charge in [0, 0.05) is 12.6 Å². The summed E-state index contributed by atoms with van der Waals surface area (Å²) in [5.74, 6) is 0.697. The normalized spacial score (nSPS) is 11.4. The van der Waals surface area contributed by atoms with Crippen LogP contribution in [-0.2, 0) is 0 Å². The molecule has 0 aliphatic heterocycles. The minimum Gasteiger partial charge on any atom is -0.492 e. The van der Waals surface area contributed by atoms with Gasteiger partial charge in [0.15, 0.2) is 0 Å². The van der Waals surface area contributed by atoms with Crippen LogP contribution in [0.2, 0.25) is 0 Å². The van der Waals surface area contributed by atoms with E-state index in [9.17, 15) is 4.79 Å². The zero-order chi connectivity index (χ0) is 13.8. The highest BCUT2D eigenvalue weighted by molar-refractivity contribution is 5.78. The summed E-state index contributed by atoms with van der Waals surface area (Å²) in [5.41, 5.74) is 0.533. The molecule has 19 heavy (non-hydrogen) atoms. The van der Waals surface area contributed by atoms with Gasteiger partial charge in [-0.2, -0.15) is 0 Å². The number of rotatable bonds is 5. The van der Waals surface area contributed by atoms with E-state index in [1.54, 1.807) is 12.1 Å². The summed E-state index contributed by atoms with van der Waals surface area (Å²) in [6.07, 6.45) is 1.41. The Hall–Kier alpha value is -1.88. The summed E-state index contributed by atoms with van der Waals surface area (Å²) in [6, 6.07) is 5.86. The van der Waals surface area contributed by atoms with E-state index in [0.717, 1.165) is 6.54 Å². The third-order valence-electron chi connectivity index (χ3n) is 3.21. The van der Waals surface area contributed by atoms with Crippen molar-refractivity contribution in [3.05, 3.63) is 34.9 Å². The number of H-pyrrole nitrogens is 1. The van der Waals surface area contributed by atoms with Crippen molar-refractivity contribution >= 4 is 10.9 Å². The average Bonchev–Trinajstić information content (AvgIpc) is 2.39. The zero-order valence-electron chi connectivity index (χ0n) is 11.5. The fraction of sp³-hybridized carbons (Fsp3) is 0.429. The van der Waals surface area contributed by atoms with Gasteiger partial charge in [-0.25, -0.2) is 4.98 Å². The van der Waals surface area contributed by atoms with E-state index in [1.807, 2.05) is 6.07 Å². The van der Waals surface area contributed by atoms with Gasteiger partial charge >= 0.3 is 0 Å². The van der Waals surface area contributed by atoms with E-state index in [2.05, 4.69) is 35.8 Å². The van der Waals surface area contributed by atoms with E-state index in [-0.39, 0.29) is 5.56 Å². The first-order chi connectivity index (χ1) is 9.08. The molecule has 0 saturated heterocycles. The van der Waals surface area contributed by atoms with Gasteiger partial charge in [-0.1, -0.05) is 0 Å². The Morgan fingerprint density at radius 1 is 1.42 bits per heavy atom. The van der Waals surface area contributed by atoms with Crippen molar-refractivity contribution in [2.24, 2.45) is 0 Å². The van der Waals surface area contributed by atoms with Crippen molar-refractivity contribution < 1.29 is 4.74 Å². The van der Waals surface area contributed by atoms with Crippen molar-refractivity contribution in [2.75, 3.05) is 20.2 Å². The van der Waals surface area contributed by atoms with Crippen LogP contribution in [0.4, 0.5) is 0 Å². The lowest BCUT2D eigenvalue weighted by molar-refractivity contribution is 0.208. The highest BCUT2D eigenvalue weighted by atomic mass is 16.5. The Labute approximate surface area is 112 Å². The molecular weight excluding hydrogens is 242 g/mol. The average molecular weight is 261 g/mol. The summed E-state index contributed by atoms with van der Waals surface area (Å²) in [7, 11) is 2.06. The number of fused-ring (bicyclic) bond motifs is 1. The Morgan fingerprint density at radius 2 is 2.21 bits per heavy atom. The molecule has 2 rings (SSSR count). The van der Waals surface area contributed by atoms with Gasteiger partial charge in [0.25, 0.3) is 5.56 Å². The fourth-order valence-corrected chi connectivity index (χ4v) is 1.70. The highest BCUT2D eigenvalue weighted by Crippen LogP contribution is 2.16. The van der Waals surface area contributed by atoms with E-state index in [0.29, 0.717) is 29.3 Å². The lowest BCUT2D eigenvalue weighted by atomic mass is 10.2. The van der Waals surface area contributed by atoms with Crippen LogP contribution in [0.5, 0.6) is 5.75 Å². The van der Waals surface area contributed by atoms with Crippen LogP contribution < -0.4 is 10.3 Å². The second-order valence-corrected chi connectivity index (χ2v) is 4.83. The van der Waals surface area contributed by atoms with Crippen molar-refractivity contribution in [3.8, 4) is 5.75 Å². The monoisotopic (exact) mass is 261 g/mol. The highest BCUT2D eigenvalue weighted by Gasteiger charge is 2.04. The molecule has 1 aromatic carbocycles. The van der Waals surface area contributed by atoms with E-state index >= 15 is 0 Å². The molecule has 0 spiro atoms. The van der Waals surface area contributed by atoms with Gasteiger partial charge in [0.05, 0.1) is 17.2 Å². The van der Waals surface area contributed by atoms with Gasteiger partial charge in [-0.15, -0.1) is 0 Å². The number of ether oxygens (including phenoxy) is 1. The minimum atomic E-state index is -0.144. The largest absolute Gasteiger partial charge is 0.492 e. The Balaban J connectivity index is 2.06. The van der Waals surface area contributed by atoms with E-state index in [4.69, 9.17) is 4.74 Å². The maximum absolute atomic E-state index is 11.6. The van der Waals surface area contributed by atoms with Crippen LogP contribution >= 0.6 is 0 Å². The number of aromatic nitrogens is 2. The number of aromatic amines is 1. The van der Waals surface area contributed by atoms with Gasteiger partial charge in [0.1, 0.15) is 12.4 Å². The molecule has 0 unspecified atom stereocenters. The zero-order valence-corrected chi connectivity index (χ0v) is 11.5. The van der Waals surface area contributed by atoms with Gasteiger partial charge in [-0.3, -0.25) is 4.79 Å². The molecular formula is C14H19N3O2.